The Bertz CT molecular complexity index is 459. The van der Waals surface area contributed by atoms with Gasteiger partial charge in [0, 0.05) is 6.20 Å². The van der Waals surface area contributed by atoms with E-state index in [-0.39, 0.29) is 5.15 Å². The highest BCUT2D eigenvalue weighted by molar-refractivity contribution is 6.31. The van der Waals surface area contributed by atoms with E-state index in [2.05, 4.69) is 25.5 Å². The largest absolute Gasteiger partial charge is 0.490 e. The van der Waals surface area contributed by atoms with E-state index < -0.39 is 0 Å². The minimum Gasteiger partial charge on any atom is -0.490 e. The molecule has 0 amide bonds. The predicted molar refractivity (Wildman–Crippen MR) is 59.5 cm³/mol. The lowest BCUT2D eigenvalue weighted by molar-refractivity contribution is 0.413. The molecular formula is C9H10ClN5O. The maximum Gasteiger partial charge on any atom is 0.198 e. The Labute approximate surface area is 97.0 Å². The van der Waals surface area contributed by atoms with Crippen molar-refractivity contribution in [3.8, 4) is 5.75 Å². The third-order valence-electron chi connectivity index (χ3n) is 1.97. The number of aromatic amines is 1. The third-order valence-corrected chi connectivity index (χ3v) is 2.24. The molecule has 0 fully saturated rings. The van der Waals surface area contributed by atoms with Gasteiger partial charge in [-0.25, -0.2) is 9.97 Å². The van der Waals surface area contributed by atoms with Crippen LogP contribution in [0.25, 0.3) is 0 Å². The molecule has 2 N–H and O–H groups in total. The van der Waals surface area contributed by atoms with Gasteiger partial charge in [0.25, 0.3) is 0 Å². The van der Waals surface area contributed by atoms with E-state index in [9.17, 15) is 0 Å². The first kappa shape index (κ1) is 10.7. The van der Waals surface area contributed by atoms with Crippen LogP contribution in [0.1, 0.15) is 5.69 Å². The summed E-state index contributed by atoms with van der Waals surface area (Å²) in [6.07, 6.45) is 3.06. The van der Waals surface area contributed by atoms with Crippen LogP contribution in [-0.2, 0) is 6.54 Å². The average molecular weight is 240 g/mol. The van der Waals surface area contributed by atoms with Gasteiger partial charge in [-0.2, -0.15) is 5.10 Å². The number of hydrogen-bond donors (Lipinski definition) is 2. The molecule has 0 saturated heterocycles. The van der Waals surface area contributed by atoms with Crippen molar-refractivity contribution in [2.75, 3.05) is 12.4 Å². The van der Waals surface area contributed by atoms with Crippen LogP contribution in [0.5, 0.6) is 5.75 Å². The number of nitrogens with one attached hydrogen (secondary N) is 2. The van der Waals surface area contributed by atoms with Crippen molar-refractivity contribution >= 4 is 17.4 Å². The molecule has 0 aromatic carbocycles. The van der Waals surface area contributed by atoms with E-state index in [1.54, 1.807) is 6.20 Å². The van der Waals surface area contributed by atoms with Crippen LogP contribution < -0.4 is 10.1 Å². The van der Waals surface area contributed by atoms with Gasteiger partial charge < -0.3 is 10.1 Å². The van der Waals surface area contributed by atoms with Gasteiger partial charge in [0.15, 0.2) is 16.7 Å². The summed E-state index contributed by atoms with van der Waals surface area (Å²) in [5.74, 6) is 0.987. The van der Waals surface area contributed by atoms with Crippen molar-refractivity contribution in [3.05, 3.63) is 29.4 Å². The van der Waals surface area contributed by atoms with Crippen molar-refractivity contribution in [1.82, 2.24) is 20.2 Å². The molecule has 2 aromatic rings. The Balaban J connectivity index is 2.12. The molecule has 0 bridgehead atoms. The number of nitrogens with zero attached hydrogens (tertiary/aromatic N) is 3. The minimum atomic E-state index is 0.282. The van der Waals surface area contributed by atoms with Crippen LogP contribution in [0.15, 0.2) is 18.6 Å². The van der Waals surface area contributed by atoms with Gasteiger partial charge in [-0.15, -0.1) is 0 Å². The van der Waals surface area contributed by atoms with Crippen LogP contribution in [0.2, 0.25) is 5.15 Å². The van der Waals surface area contributed by atoms with E-state index in [0.717, 1.165) is 5.69 Å². The molecule has 0 aliphatic carbocycles. The highest BCUT2D eigenvalue weighted by Gasteiger charge is 2.09. The second kappa shape index (κ2) is 4.80. The molecule has 16 heavy (non-hydrogen) atoms. The molecule has 6 nitrogen and oxygen atoms in total. The average Bonchev–Trinajstić information content (AvgIpc) is 2.79. The smallest absolute Gasteiger partial charge is 0.198 e. The summed E-state index contributed by atoms with van der Waals surface area (Å²) < 4.78 is 5.10. The quantitative estimate of drug-likeness (QED) is 0.791. The number of rotatable bonds is 4. The van der Waals surface area contributed by atoms with Crippen LogP contribution in [0.4, 0.5) is 5.82 Å². The van der Waals surface area contributed by atoms with E-state index in [0.29, 0.717) is 18.1 Å². The second-order valence-electron chi connectivity index (χ2n) is 2.98. The second-order valence-corrected chi connectivity index (χ2v) is 3.34. The molecule has 0 radical (unpaired) electrons. The SMILES string of the molecule is COc1c(Cl)ncnc1NCc1ccn[nH]1. The summed E-state index contributed by atoms with van der Waals surface area (Å²) in [6, 6.07) is 1.86. The number of aromatic nitrogens is 4. The van der Waals surface area contributed by atoms with Gasteiger partial charge >= 0.3 is 0 Å². The molecule has 0 saturated carbocycles. The van der Waals surface area contributed by atoms with Gasteiger partial charge in [-0.3, -0.25) is 5.10 Å². The number of methoxy groups -OCH3 is 1. The summed E-state index contributed by atoms with van der Waals surface area (Å²) in [4.78, 5) is 7.87. The first-order valence-corrected chi connectivity index (χ1v) is 4.95. The molecule has 2 rings (SSSR count). The summed E-state index contributed by atoms with van der Waals surface area (Å²) in [7, 11) is 1.52. The number of halogens is 1. The van der Waals surface area contributed by atoms with Gasteiger partial charge in [0.2, 0.25) is 0 Å². The molecule has 84 valence electrons. The van der Waals surface area contributed by atoms with Crippen LogP contribution in [0, 0.1) is 0 Å². The Hall–Kier alpha value is -1.82. The molecular weight excluding hydrogens is 230 g/mol. The first-order valence-electron chi connectivity index (χ1n) is 4.58. The lowest BCUT2D eigenvalue weighted by Gasteiger charge is -2.09. The van der Waals surface area contributed by atoms with Gasteiger partial charge in [-0.1, -0.05) is 11.6 Å². The Morgan fingerprint density at radius 1 is 1.50 bits per heavy atom. The fourth-order valence-electron chi connectivity index (χ4n) is 1.22. The van der Waals surface area contributed by atoms with E-state index >= 15 is 0 Å². The van der Waals surface area contributed by atoms with Crippen molar-refractivity contribution in [2.45, 2.75) is 6.54 Å². The van der Waals surface area contributed by atoms with Gasteiger partial charge in [0.05, 0.1) is 19.3 Å². The number of anilines is 1. The highest BCUT2D eigenvalue weighted by atomic mass is 35.5. The maximum absolute atomic E-state index is 5.85. The van der Waals surface area contributed by atoms with Crippen LogP contribution >= 0.6 is 11.6 Å². The van der Waals surface area contributed by atoms with Crippen molar-refractivity contribution in [2.24, 2.45) is 0 Å². The summed E-state index contributed by atoms with van der Waals surface area (Å²) >= 11 is 5.85. The molecule has 7 heteroatoms. The normalized spacial score (nSPS) is 10.1. The molecule has 2 heterocycles. The van der Waals surface area contributed by atoms with Crippen LogP contribution in [0.3, 0.4) is 0 Å². The summed E-state index contributed by atoms with van der Waals surface area (Å²) in [5.41, 5.74) is 0.941. The zero-order valence-corrected chi connectivity index (χ0v) is 9.32. The minimum absolute atomic E-state index is 0.282. The van der Waals surface area contributed by atoms with Gasteiger partial charge in [-0.05, 0) is 6.07 Å². The highest BCUT2D eigenvalue weighted by Crippen LogP contribution is 2.28. The zero-order chi connectivity index (χ0) is 11.4. The van der Waals surface area contributed by atoms with Crippen molar-refractivity contribution < 1.29 is 4.74 Å². The van der Waals surface area contributed by atoms with Crippen molar-refractivity contribution in [3.63, 3.8) is 0 Å². The number of hydrogen-bond acceptors (Lipinski definition) is 5. The standard InChI is InChI=1S/C9H10ClN5O/c1-16-7-8(10)12-5-13-9(7)11-4-6-2-3-14-15-6/h2-3,5H,4H2,1H3,(H,14,15)(H,11,12,13). The summed E-state index contributed by atoms with van der Waals surface area (Å²) in [5, 5.41) is 10.0. The number of ether oxygens (including phenoxy) is 1. The predicted octanol–water partition coefficient (Wildman–Crippen LogP) is 1.47. The molecule has 0 aliphatic heterocycles. The zero-order valence-electron chi connectivity index (χ0n) is 8.57. The lowest BCUT2D eigenvalue weighted by Crippen LogP contribution is -2.04. The third kappa shape index (κ3) is 2.22. The Morgan fingerprint density at radius 2 is 2.38 bits per heavy atom. The molecule has 0 aliphatic rings. The van der Waals surface area contributed by atoms with Gasteiger partial charge in [0.1, 0.15) is 6.33 Å². The maximum atomic E-state index is 5.85. The Kier molecular flexibility index (Phi) is 3.21. The van der Waals surface area contributed by atoms with Crippen LogP contribution in [-0.4, -0.2) is 27.3 Å². The van der Waals surface area contributed by atoms with E-state index in [1.807, 2.05) is 6.07 Å². The lowest BCUT2D eigenvalue weighted by atomic mass is 10.4. The molecule has 0 atom stereocenters. The van der Waals surface area contributed by atoms with Crippen molar-refractivity contribution in [1.29, 1.82) is 0 Å². The number of H-pyrrole nitrogens is 1. The fourth-order valence-corrected chi connectivity index (χ4v) is 1.43. The fraction of sp³-hybridized carbons (Fsp3) is 0.222. The Morgan fingerprint density at radius 3 is 3.06 bits per heavy atom. The van der Waals surface area contributed by atoms with E-state index in [1.165, 1.54) is 13.4 Å². The monoisotopic (exact) mass is 239 g/mol. The van der Waals surface area contributed by atoms with E-state index in [4.69, 9.17) is 16.3 Å². The molecule has 0 spiro atoms. The molecule has 0 unspecified atom stereocenters. The summed E-state index contributed by atoms with van der Waals surface area (Å²) in [6.45, 7) is 0.559. The first-order chi connectivity index (χ1) is 7.81. The molecule has 2 aromatic heterocycles. The topological polar surface area (TPSA) is 75.7 Å².